The van der Waals surface area contributed by atoms with Gasteiger partial charge >= 0.3 is 0 Å². The summed E-state index contributed by atoms with van der Waals surface area (Å²) in [4.78, 5) is 26.9. The molecule has 1 fully saturated rings. The molecule has 1 heterocycles. The zero-order valence-corrected chi connectivity index (χ0v) is 18.6. The fourth-order valence-electron chi connectivity index (χ4n) is 3.52. The lowest BCUT2D eigenvalue weighted by atomic mass is 10.0. The molecule has 3 rings (SSSR count). The van der Waals surface area contributed by atoms with Crippen molar-refractivity contribution in [3.8, 4) is 17.2 Å². The standard InChI is InChI=1S/C24H30N2O5/c1-16-5-6-20(11-17(16)2)31-15-23(27)26-9-7-19(8-10-26)25-24(28)18-12-21(29-3)14-22(13-18)30-4/h5-6,11-14,19H,7-10,15H2,1-4H3,(H,25,28). The summed E-state index contributed by atoms with van der Waals surface area (Å²) in [5.74, 6) is 1.61. The Morgan fingerprint density at radius 1 is 0.935 bits per heavy atom. The van der Waals surface area contributed by atoms with E-state index in [1.807, 2.05) is 32.0 Å². The number of piperidine rings is 1. The van der Waals surface area contributed by atoms with E-state index in [0.717, 1.165) is 5.56 Å². The van der Waals surface area contributed by atoms with Gasteiger partial charge in [0.2, 0.25) is 0 Å². The van der Waals surface area contributed by atoms with Crippen LogP contribution in [0.5, 0.6) is 17.2 Å². The Morgan fingerprint density at radius 3 is 2.16 bits per heavy atom. The Bertz CT molecular complexity index is 913. The maximum absolute atomic E-state index is 12.7. The van der Waals surface area contributed by atoms with Crippen molar-refractivity contribution in [3.05, 3.63) is 53.1 Å². The molecule has 0 spiro atoms. The average Bonchev–Trinajstić information content (AvgIpc) is 2.79. The minimum atomic E-state index is -0.181. The second-order valence-corrected chi connectivity index (χ2v) is 7.76. The Morgan fingerprint density at radius 2 is 1.58 bits per heavy atom. The summed E-state index contributed by atoms with van der Waals surface area (Å²) < 4.78 is 16.1. The Balaban J connectivity index is 1.48. The molecule has 0 bridgehead atoms. The third-order valence-corrected chi connectivity index (χ3v) is 5.64. The minimum absolute atomic E-state index is 0.00872. The molecule has 1 aliphatic rings. The van der Waals surface area contributed by atoms with Crippen molar-refractivity contribution in [2.45, 2.75) is 32.7 Å². The van der Waals surface area contributed by atoms with Gasteiger partial charge in [-0.3, -0.25) is 9.59 Å². The number of hydrogen-bond donors (Lipinski definition) is 1. The Hall–Kier alpha value is -3.22. The van der Waals surface area contributed by atoms with Crippen molar-refractivity contribution in [1.82, 2.24) is 10.2 Å². The lowest BCUT2D eigenvalue weighted by Crippen LogP contribution is -2.47. The van der Waals surface area contributed by atoms with E-state index in [1.54, 1.807) is 37.3 Å². The van der Waals surface area contributed by atoms with Gasteiger partial charge in [-0.15, -0.1) is 0 Å². The Labute approximate surface area is 183 Å². The third kappa shape index (κ3) is 5.90. The summed E-state index contributed by atoms with van der Waals surface area (Å²) in [5.41, 5.74) is 2.81. The SMILES string of the molecule is COc1cc(OC)cc(C(=O)NC2CCN(C(=O)COc3ccc(C)c(C)c3)CC2)c1. The summed E-state index contributed by atoms with van der Waals surface area (Å²) in [6.07, 6.45) is 1.39. The fraction of sp³-hybridized carbons (Fsp3) is 0.417. The first-order valence-electron chi connectivity index (χ1n) is 10.4. The Kier molecular flexibility index (Phi) is 7.39. The highest BCUT2D eigenvalue weighted by atomic mass is 16.5. The number of nitrogens with one attached hydrogen (secondary N) is 1. The maximum atomic E-state index is 12.7. The number of methoxy groups -OCH3 is 2. The van der Waals surface area contributed by atoms with E-state index in [1.165, 1.54) is 5.56 Å². The van der Waals surface area contributed by atoms with Gasteiger partial charge in [-0.25, -0.2) is 0 Å². The quantitative estimate of drug-likeness (QED) is 0.736. The third-order valence-electron chi connectivity index (χ3n) is 5.64. The van der Waals surface area contributed by atoms with Crippen molar-refractivity contribution in [2.24, 2.45) is 0 Å². The first-order chi connectivity index (χ1) is 14.9. The first kappa shape index (κ1) is 22.5. The summed E-state index contributed by atoms with van der Waals surface area (Å²) in [6, 6.07) is 10.9. The lowest BCUT2D eigenvalue weighted by Gasteiger charge is -2.32. The predicted molar refractivity (Wildman–Crippen MR) is 118 cm³/mol. The molecule has 7 nitrogen and oxygen atoms in total. The van der Waals surface area contributed by atoms with E-state index in [-0.39, 0.29) is 24.5 Å². The number of carbonyl (C=O) groups is 2. The molecule has 1 aliphatic heterocycles. The molecular formula is C24H30N2O5. The smallest absolute Gasteiger partial charge is 0.260 e. The van der Waals surface area contributed by atoms with Crippen LogP contribution in [-0.4, -0.2) is 56.7 Å². The van der Waals surface area contributed by atoms with Gasteiger partial charge in [0.25, 0.3) is 11.8 Å². The molecule has 0 saturated carbocycles. The number of rotatable bonds is 7. The number of carbonyl (C=O) groups excluding carboxylic acids is 2. The van der Waals surface area contributed by atoms with E-state index in [2.05, 4.69) is 5.32 Å². The summed E-state index contributed by atoms with van der Waals surface area (Å²) in [6.45, 7) is 5.24. The van der Waals surface area contributed by atoms with Crippen molar-refractivity contribution >= 4 is 11.8 Å². The lowest BCUT2D eigenvalue weighted by molar-refractivity contribution is -0.134. The molecular weight excluding hydrogens is 396 g/mol. The van der Waals surface area contributed by atoms with Crippen LogP contribution in [0.25, 0.3) is 0 Å². The van der Waals surface area contributed by atoms with Gasteiger partial charge < -0.3 is 24.4 Å². The molecule has 7 heteroatoms. The number of benzene rings is 2. The van der Waals surface area contributed by atoms with Gasteiger partial charge in [-0.05, 0) is 62.1 Å². The normalized spacial score (nSPS) is 14.1. The molecule has 31 heavy (non-hydrogen) atoms. The molecule has 0 atom stereocenters. The molecule has 0 aliphatic carbocycles. The van der Waals surface area contributed by atoms with Crippen LogP contribution in [0.1, 0.15) is 34.3 Å². The highest BCUT2D eigenvalue weighted by Gasteiger charge is 2.24. The second kappa shape index (κ2) is 10.2. The molecule has 0 unspecified atom stereocenters. The maximum Gasteiger partial charge on any atom is 0.260 e. The van der Waals surface area contributed by atoms with Gasteiger partial charge in [0.15, 0.2) is 6.61 Å². The highest BCUT2D eigenvalue weighted by Crippen LogP contribution is 2.23. The van der Waals surface area contributed by atoms with Crippen LogP contribution in [0.2, 0.25) is 0 Å². The van der Waals surface area contributed by atoms with Crippen LogP contribution in [0.3, 0.4) is 0 Å². The zero-order valence-electron chi connectivity index (χ0n) is 18.6. The van der Waals surface area contributed by atoms with Gasteiger partial charge in [0.1, 0.15) is 17.2 Å². The zero-order chi connectivity index (χ0) is 22.4. The van der Waals surface area contributed by atoms with E-state index in [4.69, 9.17) is 14.2 Å². The molecule has 0 aromatic heterocycles. The minimum Gasteiger partial charge on any atom is -0.497 e. The van der Waals surface area contributed by atoms with Gasteiger partial charge in [0, 0.05) is 30.8 Å². The first-order valence-corrected chi connectivity index (χ1v) is 10.4. The summed E-state index contributed by atoms with van der Waals surface area (Å²) in [7, 11) is 3.10. The van der Waals surface area contributed by atoms with Gasteiger partial charge in [0.05, 0.1) is 14.2 Å². The average molecular weight is 427 g/mol. The fourth-order valence-corrected chi connectivity index (χ4v) is 3.52. The largest absolute Gasteiger partial charge is 0.497 e. The van der Waals surface area contributed by atoms with E-state index in [0.29, 0.717) is 48.7 Å². The van der Waals surface area contributed by atoms with Crippen LogP contribution < -0.4 is 19.5 Å². The number of nitrogens with zero attached hydrogens (tertiary/aromatic N) is 1. The van der Waals surface area contributed by atoms with Crippen LogP contribution in [-0.2, 0) is 4.79 Å². The van der Waals surface area contributed by atoms with E-state index < -0.39 is 0 Å². The van der Waals surface area contributed by atoms with Crippen molar-refractivity contribution in [3.63, 3.8) is 0 Å². The molecule has 166 valence electrons. The second-order valence-electron chi connectivity index (χ2n) is 7.76. The van der Waals surface area contributed by atoms with Crippen molar-refractivity contribution in [1.29, 1.82) is 0 Å². The molecule has 1 saturated heterocycles. The molecule has 1 N–H and O–H groups in total. The van der Waals surface area contributed by atoms with Crippen LogP contribution in [0.15, 0.2) is 36.4 Å². The molecule has 2 aromatic carbocycles. The molecule has 2 amide bonds. The van der Waals surface area contributed by atoms with Crippen molar-refractivity contribution in [2.75, 3.05) is 33.9 Å². The predicted octanol–water partition coefficient (Wildman–Crippen LogP) is 3.12. The highest BCUT2D eigenvalue weighted by molar-refractivity contribution is 5.95. The van der Waals surface area contributed by atoms with Crippen LogP contribution in [0, 0.1) is 13.8 Å². The summed E-state index contributed by atoms with van der Waals surface area (Å²) in [5, 5.41) is 3.05. The monoisotopic (exact) mass is 426 g/mol. The molecule has 0 radical (unpaired) electrons. The van der Waals surface area contributed by atoms with E-state index in [9.17, 15) is 9.59 Å². The number of aryl methyl sites for hydroxylation is 2. The summed E-state index contributed by atoms with van der Waals surface area (Å²) >= 11 is 0. The van der Waals surface area contributed by atoms with Crippen LogP contribution in [0.4, 0.5) is 0 Å². The van der Waals surface area contributed by atoms with Crippen LogP contribution >= 0.6 is 0 Å². The topological polar surface area (TPSA) is 77.1 Å². The number of hydrogen-bond acceptors (Lipinski definition) is 5. The van der Waals surface area contributed by atoms with E-state index >= 15 is 0 Å². The van der Waals surface area contributed by atoms with Gasteiger partial charge in [-0.1, -0.05) is 6.07 Å². The van der Waals surface area contributed by atoms with Crippen molar-refractivity contribution < 1.29 is 23.8 Å². The number of amides is 2. The number of ether oxygens (including phenoxy) is 3. The number of likely N-dealkylation sites (tertiary alicyclic amines) is 1. The molecule has 2 aromatic rings. The van der Waals surface area contributed by atoms with Gasteiger partial charge in [-0.2, -0.15) is 0 Å².